The van der Waals surface area contributed by atoms with Gasteiger partial charge in [0, 0.05) is 0 Å². The van der Waals surface area contributed by atoms with Gasteiger partial charge in [0.25, 0.3) is 0 Å². The zero-order valence-corrected chi connectivity index (χ0v) is 15.3. The van der Waals surface area contributed by atoms with Crippen molar-refractivity contribution in [1.82, 2.24) is 0 Å². The summed E-state index contributed by atoms with van der Waals surface area (Å²) in [5, 5.41) is 9.61. The third kappa shape index (κ3) is 6.09. The Morgan fingerprint density at radius 1 is 1.04 bits per heavy atom. The molecule has 0 aliphatic rings. The first kappa shape index (κ1) is 20.4. The van der Waals surface area contributed by atoms with E-state index in [1.165, 1.54) is 13.2 Å². The van der Waals surface area contributed by atoms with Crippen LogP contribution < -0.4 is 9.47 Å². The van der Waals surface area contributed by atoms with E-state index in [0.29, 0.717) is 11.1 Å². The van der Waals surface area contributed by atoms with Crippen LogP contribution in [-0.2, 0) is 6.18 Å². The number of halogens is 3. The van der Waals surface area contributed by atoms with Gasteiger partial charge in [0.1, 0.15) is 12.4 Å². The summed E-state index contributed by atoms with van der Waals surface area (Å²) in [6, 6.07) is 8.27. The molecule has 6 heteroatoms. The van der Waals surface area contributed by atoms with E-state index in [9.17, 15) is 18.3 Å². The molecule has 0 aliphatic heterocycles. The molecule has 0 spiro atoms. The Morgan fingerprint density at radius 2 is 1.74 bits per heavy atom. The first-order chi connectivity index (χ1) is 12.7. The molecule has 0 aromatic heterocycles. The van der Waals surface area contributed by atoms with E-state index in [0.717, 1.165) is 17.7 Å². The average molecular weight is 378 g/mol. The van der Waals surface area contributed by atoms with Gasteiger partial charge in [0.05, 0.1) is 12.7 Å². The molecule has 0 unspecified atom stereocenters. The van der Waals surface area contributed by atoms with E-state index in [1.54, 1.807) is 36.4 Å². The summed E-state index contributed by atoms with van der Waals surface area (Å²) in [6.07, 6.45) is 0.505. The Labute approximate surface area is 156 Å². The molecule has 144 valence electrons. The van der Waals surface area contributed by atoms with Crippen LogP contribution in [0.15, 0.2) is 48.0 Å². The van der Waals surface area contributed by atoms with Crippen molar-refractivity contribution in [2.75, 3.05) is 13.7 Å². The number of methoxy groups -OCH3 is 1. The summed E-state index contributed by atoms with van der Waals surface area (Å²) in [4.78, 5) is 0. The number of allylic oxidation sites excluding steroid dienone is 1. The van der Waals surface area contributed by atoms with E-state index in [-0.39, 0.29) is 23.9 Å². The van der Waals surface area contributed by atoms with Gasteiger partial charge in [0.15, 0.2) is 11.5 Å². The zero-order valence-electron chi connectivity index (χ0n) is 15.3. The molecule has 0 aliphatic carbocycles. The lowest BCUT2D eigenvalue weighted by molar-refractivity contribution is -0.137. The highest BCUT2D eigenvalue weighted by Crippen LogP contribution is 2.33. The van der Waals surface area contributed by atoms with Crippen molar-refractivity contribution in [3.8, 4) is 17.2 Å². The van der Waals surface area contributed by atoms with E-state index in [1.807, 2.05) is 13.8 Å². The molecular weight excluding hydrogens is 357 g/mol. The normalized spacial score (nSPS) is 11.5. The standard InChI is InChI=1S/C21H21F3O3/c1-14(2)8-9-27-18-11-16(10-17(13-18)21(22,23)24)5-4-15-6-7-19(25)20(12-15)26-3/h4-8,10-13,25H,9H2,1-3H3/b5-4+. The number of rotatable bonds is 6. The Kier molecular flexibility index (Phi) is 6.55. The van der Waals surface area contributed by atoms with Crippen molar-refractivity contribution in [2.24, 2.45) is 0 Å². The SMILES string of the molecule is COc1cc(/C=C/c2cc(OCC=C(C)C)cc(C(F)(F)F)c2)ccc1O. The first-order valence-electron chi connectivity index (χ1n) is 8.22. The minimum absolute atomic E-state index is 0.0105. The second-order valence-electron chi connectivity index (χ2n) is 6.15. The Hall–Kier alpha value is -2.89. The molecule has 3 nitrogen and oxygen atoms in total. The van der Waals surface area contributed by atoms with Gasteiger partial charge >= 0.3 is 6.18 Å². The number of phenols is 1. The number of ether oxygens (including phenoxy) is 2. The van der Waals surface area contributed by atoms with Crippen LogP contribution in [0.3, 0.4) is 0 Å². The lowest BCUT2D eigenvalue weighted by atomic mass is 10.1. The van der Waals surface area contributed by atoms with Gasteiger partial charge in [-0.15, -0.1) is 0 Å². The van der Waals surface area contributed by atoms with Crippen molar-refractivity contribution in [1.29, 1.82) is 0 Å². The summed E-state index contributed by atoms with van der Waals surface area (Å²) in [5.41, 5.74) is 1.27. The van der Waals surface area contributed by atoms with Crippen LogP contribution in [0.2, 0.25) is 0 Å². The maximum atomic E-state index is 13.2. The van der Waals surface area contributed by atoms with Crippen LogP contribution >= 0.6 is 0 Å². The molecule has 0 radical (unpaired) electrons. The maximum Gasteiger partial charge on any atom is 0.416 e. The summed E-state index contributed by atoms with van der Waals surface area (Å²) < 4.78 is 50.0. The minimum atomic E-state index is -4.47. The smallest absolute Gasteiger partial charge is 0.416 e. The minimum Gasteiger partial charge on any atom is -0.504 e. The van der Waals surface area contributed by atoms with Crippen molar-refractivity contribution < 1.29 is 27.8 Å². The monoisotopic (exact) mass is 378 g/mol. The fraction of sp³-hybridized carbons (Fsp3) is 0.238. The van der Waals surface area contributed by atoms with Gasteiger partial charge in [-0.25, -0.2) is 0 Å². The van der Waals surface area contributed by atoms with Crippen molar-refractivity contribution in [3.05, 3.63) is 64.7 Å². The van der Waals surface area contributed by atoms with Crippen LogP contribution in [0.4, 0.5) is 13.2 Å². The fourth-order valence-electron chi connectivity index (χ4n) is 2.26. The lowest BCUT2D eigenvalue weighted by Gasteiger charge is -2.11. The number of hydrogen-bond acceptors (Lipinski definition) is 3. The van der Waals surface area contributed by atoms with Crippen LogP contribution in [0.25, 0.3) is 12.2 Å². The predicted molar refractivity (Wildman–Crippen MR) is 100.0 cm³/mol. The molecule has 2 aromatic rings. The quantitative estimate of drug-likeness (QED) is 0.500. The molecule has 0 saturated heterocycles. The Balaban J connectivity index is 2.32. The van der Waals surface area contributed by atoms with Crippen molar-refractivity contribution in [3.63, 3.8) is 0 Å². The van der Waals surface area contributed by atoms with Crippen molar-refractivity contribution in [2.45, 2.75) is 20.0 Å². The highest BCUT2D eigenvalue weighted by Gasteiger charge is 2.31. The number of hydrogen-bond donors (Lipinski definition) is 1. The number of alkyl halides is 3. The zero-order chi connectivity index (χ0) is 20.0. The van der Waals surface area contributed by atoms with Gasteiger partial charge in [-0.1, -0.05) is 23.8 Å². The predicted octanol–water partition coefficient (Wildman–Crippen LogP) is 5.94. The third-order valence-corrected chi connectivity index (χ3v) is 3.67. The molecule has 2 aromatic carbocycles. The summed E-state index contributed by atoms with van der Waals surface area (Å²) >= 11 is 0. The largest absolute Gasteiger partial charge is 0.504 e. The lowest BCUT2D eigenvalue weighted by Crippen LogP contribution is -2.06. The summed E-state index contributed by atoms with van der Waals surface area (Å²) in [6.45, 7) is 3.97. The number of aromatic hydroxyl groups is 1. The highest BCUT2D eigenvalue weighted by atomic mass is 19.4. The highest BCUT2D eigenvalue weighted by molar-refractivity contribution is 5.72. The average Bonchev–Trinajstić information content (AvgIpc) is 2.60. The van der Waals surface area contributed by atoms with Crippen LogP contribution in [-0.4, -0.2) is 18.8 Å². The van der Waals surface area contributed by atoms with Crippen LogP contribution in [0, 0.1) is 0 Å². The molecule has 0 amide bonds. The summed E-state index contributed by atoms with van der Waals surface area (Å²) in [7, 11) is 1.42. The second-order valence-corrected chi connectivity index (χ2v) is 6.15. The van der Waals surface area contributed by atoms with E-state index >= 15 is 0 Å². The van der Waals surface area contributed by atoms with Crippen molar-refractivity contribution >= 4 is 12.2 Å². The topological polar surface area (TPSA) is 38.7 Å². The first-order valence-corrected chi connectivity index (χ1v) is 8.22. The maximum absolute atomic E-state index is 13.2. The number of phenolic OH excluding ortho intramolecular Hbond substituents is 1. The second kappa shape index (κ2) is 8.66. The molecule has 0 atom stereocenters. The van der Waals surface area contributed by atoms with Gasteiger partial charge in [-0.3, -0.25) is 0 Å². The molecular formula is C21H21F3O3. The number of benzene rings is 2. The molecule has 0 heterocycles. The van der Waals surface area contributed by atoms with E-state index in [2.05, 4.69) is 0 Å². The Morgan fingerprint density at radius 3 is 2.37 bits per heavy atom. The Bertz CT molecular complexity index is 848. The van der Waals surface area contributed by atoms with E-state index in [4.69, 9.17) is 9.47 Å². The van der Waals surface area contributed by atoms with Gasteiger partial charge < -0.3 is 14.6 Å². The molecule has 0 bridgehead atoms. The molecule has 27 heavy (non-hydrogen) atoms. The molecule has 2 rings (SSSR count). The molecule has 0 fully saturated rings. The van der Waals surface area contributed by atoms with Crippen LogP contribution in [0.1, 0.15) is 30.5 Å². The van der Waals surface area contributed by atoms with Gasteiger partial charge in [0.2, 0.25) is 0 Å². The summed E-state index contributed by atoms with van der Waals surface area (Å²) in [5.74, 6) is 0.417. The fourth-order valence-corrected chi connectivity index (χ4v) is 2.26. The van der Waals surface area contributed by atoms with Crippen LogP contribution in [0.5, 0.6) is 17.2 Å². The van der Waals surface area contributed by atoms with Gasteiger partial charge in [-0.2, -0.15) is 13.2 Å². The van der Waals surface area contributed by atoms with Gasteiger partial charge in [-0.05, 0) is 61.4 Å². The van der Waals surface area contributed by atoms with E-state index < -0.39 is 11.7 Å². The molecule has 0 saturated carbocycles. The third-order valence-electron chi connectivity index (χ3n) is 3.67. The molecule has 1 N–H and O–H groups in total.